The molecule has 0 saturated carbocycles. The average Bonchev–Trinajstić information content (AvgIpc) is 2.76. The monoisotopic (exact) mass is 454 g/mol. The molecule has 1 amide bonds. The zero-order chi connectivity index (χ0) is 19.3. The molecule has 0 N–H and O–H groups in total. The zero-order valence-electron chi connectivity index (χ0n) is 15.3. The number of rotatable bonds is 0. The Bertz CT molecular complexity index is 918. The van der Waals surface area contributed by atoms with Gasteiger partial charge in [-0.05, 0) is 42.8 Å². The van der Waals surface area contributed by atoms with Gasteiger partial charge in [0.15, 0.2) is 5.75 Å². The quantitative estimate of drug-likeness (QED) is 0.601. The lowest BCUT2D eigenvalue weighted by Crippen LogP contribution is -2.57. The van der Waals surface area contributed by atoms with E-state index in [2.05, 4.69) is 30.8 Å². The van der Waals surface area contributed by atoms with Crippen LogP contribution in [0.3, 0.4) is 0 Å². The number of nitrogens with zero attached hydrogens (tertiary/aromatic N) is 4. The standard InChI is InChI=1S/C18H20BrClN4O3/c1-18(2,3)27-17(25)23-4-5-24-10(7-23)8-26-15-13-12(6-11(19)14(15)20)21-9-22-16(13)24/h6,9-10H,4-5,7-8H2,1-3H3/t10-/m1/s1. The molecule has 2 aliphatic rings. The summed E-state index contributed by atoms with van der Waals surface area (Å²) < 4.78 is 12.3. The topological polar surface area (TPSA) is 67.8 Å². The molecule has 2 aliphatic heterocycles. The smallest absolute Gasteiger partial charge is 0.410 e. The molecule has 0 spiro atoms. The van der Waals surface area contributed by atoms with Gasteiger partial charge in [0, 0.05) is 24.1 Å². The fourth-order valence-electron chi connectivity index (χ4n) is 3.42. The van der Waals surface area contributed by atoms with Gasteiger partial charge in [-0.15, -0.1) is 0 Å². The molecule has 1 aromatic carbocycles. The van der Waals surface area contributed by atoms with Crippen molar-refractivity contribution in [3.05, 3.63) is 21.9 Å². The fourth-order valence-corrected chi connectivity index (χ4v) is 4.02. The van der Waals surface area contributed by atoms with Crippen molar-refractivity contribution in [1.82, 2.24) is 14.9 Å². The van der Waals surface area contributed by atoms with Crippen molar-refractivity contribution >= 4 is 50.3 Å². The highest BCUT2D eigenvalue weighted by Gasteiger charge is 2.36. The molecule has 144 valence electrons. The Hall–Kier alpha value is -1.80. The third-order valence-electron chi connectivity index (χ3n) is 4.58. The summed E-state index contributed by atoms with van der Waals surface area (Å²) in [4.78, 5) is 25.2. The number of carbonyl (C=O) groups is 1. The number of hydrogen-bond donors (Lipinski definition) is 0. The Balaban J connectivity index is 1.67. The molecule has 1 atom stereocenters. The van der Waals surface area contributed by atoms with Crippen LogP contribution in [-0.4, -0.2) is 58.8 Å². The lowest BCUT2D eigenvalue weighted by molar-refractivity contribution is 0.0202. The first-order chi connectivity index (χ1) is 12.7. The lowest BCUT2D eigenvalue weighted by Gasteiger charge is -2.41. The van der Waals surface area contributed by atoms with E-state index < -0.39 is 5.60 Å². The number of aromatic nitrogens is 2. The van der Waals surface area contributed by atoms with E-state index in [9.17, 15) is 4.79 Å². The van der Waals surface area contributed by atoms with Crippen LogP contribution in [0.4, 0.5) is 10.6 Å². The summed E-state index contributed by atoms with van der Waals surface area (Å²) in [5, 5.41) is 1.31. The number of piperazine rings is 1. The SMILES string of the molecule is CC(C)(C)OC(=O)N1CCN2c3ncnc4cc(Br)c(Cl)c(c34)OC[C@H]2C1. The lowest BCUT2D eigenvalue weighted by atomic mass is 10.1. The first kappa shape index (κ1) is 18.6. The van der Waals surface area contributed by atoms with Crippen molar-refractivity contribution in [2.24, 2.45) is 0 Å². The normalized spacial score (nSPS) is 19.4. The maximum atomic E-state index is 12.5. The van der Waals surface area contributed by atoms with E-state index in [1.165, 1.54) is 0 Å². The average molecular weight is 456 g/mol. The number of anilines is 1. The maximum Gasteiger partial charge on any atom is 0.410 e. The number of ether oxygens (including phenoxy) is 2. The Morgan fingerprint density at radius 1 is 1.37 bits per heavy atom. The van der Waals surface area contributed by atoms with Crippen LogP contribution in [0, 0.1) is 0 Å². The van der Waals surface area contributed by atoms with E-state index in [0.717, 1.165) is 21.2 Å². The Morgan fingerprint density at radius 2 is 2.15 bits per heavy atom. The van der Waals surface area contributed by atoms with Crippen molar-refractivity contribution in [3.8, 4) is 5.75 Å². The van der Waals surface area contributed by atoms with E-state index in [4.69, 9.17) is 21.1 Å². The molecule has 9 heteroatoms. The second kappa shape index (κ2) is 6.67. The van der Waals surface area contributed by atoms with Crippen molar-refractivity contribution < 1.29 is 14.3 Å². The van der Waals surface area contributed by atoms with Gasteiger partial charge in [0.2, 0.25) is 0 Å². The number of benzene rings is 1. The van der Waals surface area contributed by atoms with Gasteiger partial charge in [-0.2, -0.15) is 0 Å². The number of carbonyl (C=O) groups excluding carboxylic acids is 1. The van der Waals surface area contributed by atoms with Crippen LogP contribution in [0.1, 0.15) is 20.8 Å². The van der Waals surface area contributed by atoms with Crippen LogP contribution in [0.25, 0.3) is 10.9 Å². The van der Waals surface area contributed by atoms with E-state index >= 15 is 0 Å². The zero-order valence-corrected chi connectivity index (χ0v) is 17.7. The molecule has 0 bridgehead atoms. The molecule has 1 saturated heterocycles. The molecule has 7 nitrogen and oxygen atoms in total. The van der Waals surface area contributed by atoms with Gasteiger partial charge in [-0.25, -0.2) is 14.8 Å². The molecule has 1 aromatic heterocycles. The van der Waals surface area contributed by atoms with Crippen LogP contribution in [0.2, 0.25) is 5.02 Å². The molecule has 0 aliphatic carbocycles. The molecular weight excluding hydrogens is 436 g/mol. The minimum absolute atomic E-state index is 0.0494. The molecule has 0 radical (unpaired) electrons. The third-order valence-corrected chi connectivity index (χ3v) is 5.81. The number of amides is 1. The highest BCUT2D eigenvalue weighted by Crippen LogP contribution is 2.44. The van der Waals surface area contributed by atoms with Crippen LogP contribution < -0.4 is 9.64 Å². The molecule has 0 unspecified atom stereocenters. The van der Waals surface area contributed by atoms with Crippen LogP contribution in [0.15, 0.2) is 16.9 Å². The number of hydrogen-bond acceptors (Lipinski definition) is 6. The minimum Gasteiger partial charge on any atom is -0.489 e. The van der Waals surface area contributed by atoms with Gasteiger partial charge >= 0.3 is 6.09 Å². The Kier molecular flexibility index (Phi) is 4.58. The van der Waals surface area contributed by atoms with Crippen LogP contribution in [0.5, 0.6) is 5.75 Å². The van der Waals surface area contributed by atoms with Gasteiger partial charge in [0.1, 0.15) is 24.4 Å². The summed E-state index contributed by atoms with van der Waals surface area (Å²) in [6.45, 7) is 7.66. The molecule has 1 fully saturated rings. The van der Waals surface area contributed by atoms with Gasteiger partial charge in [0.05, 0.1) is 22.0 Å². The Labute approximate surface area is 170 Å². The summed E-state index contributed by atoms with van der Waals surface area (Å²) in [7, 11) is 0. The fraction of sp³-hybridized carbons (Fsp3) is 0.500. The second-order valence-corrected chi connectivity index (χ2v) is 8.91. The molecule has 3 heterocycles. The van der Waals surface area contributed by atoms with Gasteiger partial charge in [-0.1, -0.05) is 11.6 Å². The highest BCUT2D eigenvalue weighted by molar-refractivity contribution is 9.10. The molecule has 27 heavy (non-hydrogen) atoms. The summed E-state index contributed by atoms with van der Waals surface area (Å²) in [5.41, 5.74) is 0.241. The summed E-state index contributed by atoms with van der Waals surface area (Å²) >= 11 is 9.93. The first-order valence-corrected chi connectivity index (χ1v) is 9.92. The first-order valence-electron chi connectivity index (χ1n) is 8.74. The third kappa shape index (κ3) is 3.40. The highest BCUT2D eigenvalue weighted by atomic mass is 79.9. The van der Waals surface area contributed by atoms with E-state index in [1.54, 1.807) is 11.2 Å². The minimum atomic E-state index is -0.525. The van der Waals surface area contributed by atoms with Gasteiger partial charge < -0.3 is 19.3 Å². The van der Waals surface area contributed by atoms with Crippen LogP contribution >= 0.6 is 27.5 Å². The summed E-state index contributed by atoms with van der Waals surface area (Å²) in [6, 6.07) is 1.82. The maximum absolute atomic E-state index is 12.5. The van der Waals surface area contributed by atoms with Gasteiger partial charge in [0.25, 0.3) is 0 Å². The summed E-state index contributed by atoms with van der Waals surface area (Å²) in [5.74, 6) is 1.37. The predicted octanol–water partition coefficient (Wildman–Crippen LogP) is 3.86. The summed E-state index contributed by atoms with van der Waals surface area (Å²) in [6.07, 6.45) is 1.24. The second-order valence-electron chi connectivity index (χ2n) is 7.68. The Morgan fingerprint density at radius 3 is 2.89 bits per heavy atom. The van der Waals surface area contributed by atoms with Crippen molar-refractivity contribution in [1.29, 1.82) is 0 Å². The molecule has 4 rings (SSSR count). The van der Waals surface area contributed by atoms with Crippen molar-refractivity contribution in [3.63, 3.8) is 0 Å². The van der Waals surface area contributed by atoms with E-state index in [-0.39, 0.29) is 12.1 Å². The molecule has 2 aromatic rings. The van der Waals surface area contributed by atoms with Crippen molar-refractivity contribution in [2.75, 3.05) is 31.1 Å². The van der Waals surface area contributed by atoms with Crippen LogP contribution in [-0.2, 0) is 4.74 Å². The predicted molar refractivity (Wildman–Crippen MR) is 107 cm³/mol. The molecular formula is C18H20BrClN4O3. The van der Waals surface area contributed by atoms with E-state index in [0.29, 0.717) is 37.0 Å². The number of fused-ring (bicyclic) bond motifs is 2. The largest absolute Gasteiger partial charge is 0.489 e. The van der Waals surface area contributed by atoms with Crippen molar-refractivity contribution in [2.45, 2.75) is 32.4 Å². The van der Waals surface area contributed by atoms with Gasteiger partial charge in [-0.3, -0.25) is 0 Å². The number of halogens is 2. The van der Waals surface area contributed by atoms with E-state index in [1.807, 2.05) is 26.8 Å².